The van der Waals surface area contributed by atoms with Crippen LogP contribution < -0.4 is 0 Å². The number of halogens is 1. The van der Waals surface area contributed by atoms with Gasteiger partial charge < -0.3 is 4.74 Å². The van der Waals surface area contributed by atoms with Crippen molar-refractivity contribution in [3.63, 3.8) is 0 Å². The first-order chi connectivity index (χ1) is 9.01. The van der Waals surface area contributed by atoms with Gasteiger partial charge in [0, 0.05) is 0 Å². The molecule has 1 atom stereocenters. The second-order valence-corrected chi connectivity index (χ2v) is 4.87. The second-order valence-electron chi connectivity index (χ2n) is 3.95. The van der Waals surface area contributed by atoms with Crippen LogP contribution in [0.3, 0.4) is 0 Å². The van der Waals surface area contributed by atoms with Gasteiger partial charge in [0.1, 0.15) is 5.78 Å². The number of alkyl halides is 1. The maximum absolute atomic E-state index is 11.8. The number of rotatable bonds is 5. The molecular formula is C14H14BrNO3. The Kier molecular flexibility index (Phi) is 5.71. The lowest BCUT2D eigenvalue weighted by Gasteiger charge is -2.13. The van der Waals surface area contributed by atoms with Crippen molar-refractivity contribution in [3.05, 3.63) is 34.9 Å². The third kappa shape index (κ3) is 3.90. The topological polar surface area (TPSA) is 67.2 Å². The van der Waals surface area contributed by atoms with Crippen molar-refractivity contribution >= 4 is 27.7 Å². The lowest BCUT2D eigenvalue weighted by Crippen LogP contribution is -2.12. The van der Waals surface area contributed by atoms with E-state index in [0.717, 1.165) is 5.56 Å². The normalized spacial score (nSPS) is 11.5. The van der Waals surface area contributed by atoms with Crippen LogP contribution in [0.1, 0.15) is 40.2 Å². The van der Waals surface area contributed by atoms with Gasteiger partial charge in [-0.2, -0.15) is 5.26 Å². The van der Waals surface area contributed by atoms with E-state index in [0.29, 0.717) is 11.1 Å². The van der Waals surface area contributed by atoms with Gasteiger partial charge in [-0.05, 0) is 31.0 Å². The average molecular weight is 324 g/mol. The fourth-order valence-corrected chi connectivity index (χ4v) is 2.02. The molecule has 0 radical (unpaired) electrons. The summed E-state index contributed by atoms with van der Waals surface area (Å²) in [5.74, 6) is -0.577. The summed E-state index contributed by atoms with van der Waals surface area (Å²) in [4.78, 5) is 22.7. The Morgan fingerprint density at radius 1 is 1.47 bits per heavy atom. The number of nitriles is 1. The Hall–Kier alpha value is -1.67. The Bertz CT molecular complexity index is 534. The summed E-state index contributed by atoms with van der Waals surface area (Å²) in [6, 6.07) is 7.02. The lowest BCUT2D eigenvalue weighted by atomic mass is 9.98. The van der Waals surface area contributed by atoms with Crippen molar-refractivity contribution in [2.75, 3.05) is 6.61 Å². The zero-order valence-corrected chi connectivity index (χ0v) is 12.4. The smallest absolute Gasteiger partial charge is 0.338 e. The number of carbonyl (C=O) groups is 2. The minimum absolute atomic E-state index is 0.111. The molecule has 0 aromatic heterocycles. The molecule has 0 heterocycles. The third-order valence-corrected chi connectivity index (χ3v) is 3.66. The van der Waals surface area contributed by atoms with Crippen molar-refractivity contribution in [1.29, 1.82) is 5.26 Å². The monoisotopic (exact) mass is 323 g/mol. The Labute approximate surface area is 120 Å². The molecule has 1 aromatic rings. The highest BCUT2D eigenvalue weighted by Crippen LogP contribution is 2.28. The fourth-order valence-electron chi connectivity index (χ4n) is 1.64. The van der Waals surface area contributed by atoms with Gasteiger partial charge in [-0.3, -0.25) is 4.79 Å². The van der Waals surface area contributed by atoms with Crippen molar-refractivity contribution < 1.29 is 14.3 Å². The van der Waals surface area contributed by atoms with E-state index < -0.39 is 10.8 Å². The van der Waals surface area contributed by atoms with Gasteiger partial charge in [0.05, 0.1) is 29.5 Å². The first-order valence-corrected chi connectivity index (χ1v) is 6.74. The van der Waals surface area contributed by atoms with Crippen molar-refractivity contribution in [2.45, 2.75) is 25.1 Å². The van der Waals surface area contributed by atoms with Crippen molar-refractivity contribution in [2.24, 2.45) is 0 Å². The molecule has 0 spiro atoms. The standard InChI is InChI=1S/C14H14BrNO3/c1-3-19-14(18)11-5-4-10(6-7-16)8-12(11)13(15)9(2)17/h4-5,8,13H,3,6H2,1-2H3. The first-order valence-electron chi connectivity index (χ1n) is 5.82. The molecule has 0 saturated heterocycles. The minimum Gasteiger partial charge on any atom is -0.462 e. The average Bonchev–Trinajstić information content (AvgIpc) is 2.38. The quantitative estimate of drug-likeness (QED) is 0.617. The molecule has 4 nitrogen and oxygen atoms in total. The molecule has 0 bridgehead atoms. The molecule has 1 aromatic carbocycles. The molecule has 1 unspecified atom stereocenters. The Morgan fingerprint density at radius 3 is 2.68 bits per heavy atom. The van der Waals surface area contributed by atoms with E-state index in [2.05, 4.69) is 15.9 Å². The summed E-state index contributed by atoms with van der Waals surface area (Å²) in [7, 11) is 0. The van der Waals surface area contributed by atoms with Crippen LogP contribution in [-0.4, -0.2) is 18.4 Å². The molecule has 0 saturated carbocycles. The van der Waals surface area contributed by atoms with E-state index in [1.165, 1.54) is 6.92 Å². The van der Waals surface area contributed by atoms with Gasteiger partial charge in [-0.1, -0.05) is 28.1 Å². The highest BCUT2D eigenvalue weighted by molar-refractivity contribution is 9.09. The van der Waals surface area contributed by atoms with Gasteiger partial charge >= 0.3 is 5.97 Å². The van der Waals surface area contributed by atoms with Crippen LogP contribution in [-0.2, 0) is 16.0 Å². The van der Waals surface area contributed by atoms with Crippen LogP contribution in [0.15, 0.2) is 18.2 Å². The number of ether oxygens (including phenoxy) is 1. The van der Waals surface area contributed by atoms with E-state index in [1.54, 1.807) is 25.1 Å². The second kappa shape index (κ2) is 7.05. The summed E-state index contributed by atoms with van der Waals surface area (Å²) >= 11 is 3.27. The minimum atomic E-state index is -0.578. The van der Waals surface area contributed by atoms with Gasteiger partial charge in [0.2, 0.25) is 0 Å². The highest BCUT2D eigenvalue weighted by Gasteiger charge is 2.21. The van der Waals surface area contributed by atoms with Crippen LogP contribution in [0.25, 0.3) is 0 Å². The zero-order chi connectivity index (χ0) is 14.4. The zero-order valence-electron chi connectivity index (χ0n) is 10.8. The van der Waals surface area contributed by atoms with Crippen LogP contribution in [0.4, 0.5) is 0 Å². The van der Waals surface area contributed by atoms with Gasteiger partial charge in [0.25, 0.3) is 0 Å². The summed E-state index contributed by atoms with van der Waals surface area (Å²) in [6.45, 7) is 3.43. The van der Waals surface area contributed by atoms with E-state index in [-0.39, 0.29) is 18.8 Å². The SMILES string of the molecule is CCOC(=O)c1ccc(CC#N)cc1C(Br)C(C)=O. The van der Waals surface area contributed by atoms with Crippen LogP contribution in [0.2, 0.25) is 0 Å². The highest BCUT2D eigenvalue weighted by atomic mass is 79.9. The third-order valence-electron chi connectivity index (χ3n) is 2.52. The predicted molar refractivity (Wildman–Crippen MR) is 74.1 cm³/mol. The fraction of sp³-hybridized carbons (Fsp3) is 0.357. The molecule has 0 N–H and O–H groups in total. The summed E-state index contributed by atoms with van der Waals surface area (Å²) in [5.41, 5.74) is 1.65. The van der Waals surface area contributed by atoms with Crippen molar-refractivity contribution in [3.8, 4) is 6.07 Å². The summed E-state index contributed by atoms with van der Waals surface area (Å²) in [6.07, 6.45) is 0.230. The maximum atomic E-state index is 11.8. The molecule has 0 aliphatic carbocycles. The van der Waals surface area contributed by atoms with Crippen LogP contribution >= 0.6 is 15.9 Å². The number of carbonyl (C=O) groups excluding carboxylic acids is 2. The molecular weight excluding hydrogens is 310 g/mol. The number of hydrogen-bond acceptors (Lipinski definition) is 4. The lowest BCUT2D eigenvalue weighted by molar-refractivity contribution is -0.116. The number of nitrogens with zero attached hydrogens (tertiary/aromatic N) is 1. The van der Waals surface area contributed by atoms with Gasteiger partial charge in [0.15, 0.2) is 0 Å². The Balaban J connectivity index is 3.26. The number of esters is 1. The molecule has 19 heavy (non-hydrogen) atoms. The largest absolute Gasteiger partial charge is 0.462 e. The van der Waals surface area contributed by atoms with E-state index in [1.807, 2.05) is 6.07 Å². The molecule has 1 rings (SSSR count). The molecule has 0 aliphatic heterocycles. The maximum Gasteiger partial charge on any atom is 0.338 e. The Morgan fingerprint density at radius 2 is 2.16 bits per heavy atom. The predicted octanol–water partition coefficient (Wildman–Crippen LogP) is 2.95. The van der Waals surface area contributed by atoms with Crippen LogP contribution in [0.5, 0.6) is 0 Å². The van der Waals surface area contributed by atoms with E-state index in [9.17, 15) is 9.59 Å². The molecule has 0 fully saturated rings. The summed E-state index contributed by atoms with van der Waals surface area (Å²) in [5, 5.41) is 8.70. The molecule has 0 amide bonds. The van der Waals surface area contributed by atoms with Crippen LogP contribution in [0, 0.1) is 11.3 Å². The van der Waals surface area contributed by atoms with E-state index >= 15 is 0 Å². The molecule has 0 aliphatic rings. The molecule has 5 heteroatoms. The number of ketones is 1. The number of Topliss-reactive ketones (excluding diaryl/α,β-unsaturated/α-hetero) is 1. The van der Waals surface area contributed by atoms with Gasteiger partial charge in [-0.15, -0.1) is 0 Å². The first kappa shape index (κ1) is 15.4. The number of hydrogen-bond donors (Lipinski definition) is 0. The van der Waals surface area contributed by atoms with Crippen molar-refractivity contribution in [1.82, 2.24) is 0 Å². The van der Waals surface area contributed by atoms with Gasteiger partial charge in [-0.25, -0.2) is 4.79 Å². The number of benzene rings is 1. The molecule has 100 valence electrons. The summed E-state index contributed by atoms with van der Waals surface area (Å²) < 4.78 is 4.96. The van der Waals surface area contributed by atoms with E-state index in [4.69, 9.17) is 10.00 Å².